The van der Waals surface area contributed by atoms with Gasteiger partial charge in [-0.2, -0.15) is 0 Å². The SMILES string of the molecule is COC(=O)c1ccc(C)c(NCc2cccc(F)c2O)c1. The van der Waals surface area contributed by atoms with Gasteiger partial charge >= 0.3 is 5.97 Å². The van der Waals surface area contributed by atoms with Crippen LogP contribution < -0.4 is 5.32 Å². The molecule has 2 rings (SSSR count). The fourth-order valence-electron chi connectivity index (χ4n) is 1.95. The lowest BCUT2D eigenvalue weighted by atomic mass is 10.1. The van der Waals surface area contributed by atoms with Crippen LogP contribution in [0.15, 0.2) is 36.4 Å². The van der Waals surface area contributed by atoms with Gasteiger partial charge in [0, 0.05) is 17.8 Å². The highest BCUT2D eigenvalue weighted by Gasteiger charge is 2.10. The van der Waals surface area contributed by atoms with Crippen LogP contribution in [0.5, 0.6) is 5.75 Å². The zero-order valence-corrected chi connectivity index (χ0v) is 11.8. The zero-order chi connectivity index (χ0) is 15.4. The van der Waals surface area contributed by atoms with Crippen molar-refractivity contribution in [2.75, 3.05) is 12.4 Å². The second kappa shape index (κ2) is 6.26. The van der Waals surface area contributed by atoms with E-state index >= 15 is 0 Å². The molecule has 0 saturated carbocycles. The lowest BCUT2D eigenvalue weighted by Crippen LogP contribution is -2.05. The van der Waals surface area contributed by atoms with Crippen molar-refractivity contribution in [1.82, 2.24) is 0 Å². The summed E-state index contributed by atoms with van der Waals surface area (Å²) in [4.78, 5) is 11.5. The average molecular weight is 289 g/mol. The minimum absolute atomic E-state index is 0.245. The maximum absolute atomic E-state index is 13.3. The van der Waals surface area contributed by atoms with Gasteiger partial charge < -0.3 is 15.2 Å². The number of aromatic hydroxyl groups is 1. The minimum atomic E-state index is -0.658. The summed E-state index contributed by atoms with van der Waals surface area (Å²) < 4.78 is 17.9. The first-order valence-corrected chi connectivity index (χ1v) is 6.42. The number of rotatable bonds is 4. The molecule has 0 aliphatic carbocycles. The number of halogens is 1. The smallest absolute Gasteiger partial charge is 0.337 e. The summed E-state index contributed by atoms with van der Waals surface area (Å²) in [5.74, 6) is -1.45. The third kappa shape index (κ3) is 3.31. The Kier molecular flexibility index (Phi) is 4.42. The Hall–Kier alpha value is -2.56. The van der Waals surface area contributed by atoms with Crippen molar-refractivity contribution in [2.24, 2.45) is 0 Å². The van der Waals surface area contributed by atoms with E-state index in [2.05, 4.69) is 10.1 Å². The van der Waals surface area contributed by atoms with Gasteiger partial charge in [-0.05, 0) is 30.7 Å². The standard InChI is InChI=1S/C16H16FNO3/c1-10-6-7-11(16(20)21-2)8-14(10)18-9-12-4-3-5-13(17)15(12)19/h3-8,18-19H,9H2,1-2H3. The van der Waals surface area contributed by atoms with E-state index in [-0.39, 0.29) is 12.3 Å². The largest absolute Gasteiger partial charge is 0.505 e. The Morgan fingerprint density at radius 1 is 1.33 bits per heavy atom. The van der Waals surface area contributed by atoms with E-state index in [1.165, 1.54) is 19.2 Å². The second-order valence-electron chi connectivity index (χ2n) is 4.62. The summed E-state index contributed by atoms with van der Waals surface area (Å²) in [7, 11) is 1.32. The van der Waals surface area contributed by atoms with E-state index in [9.17, 15) is 14.3 Å². The van der Waals surface area contributed by atoms with Crippen LogP contribution in [0.4, 0.5) is 10.1 Å². The van der Waals surface area contributed by atoms with Crippen molar-refractivity contribution in [3.8, 4) is 5.75 Å². The van der Waals surface area contributed by atoms with Crippen molar-refractivity contribution in [3.63, 3.8) is 0 Å². The lowest BCUT2D eigenvalue weighted by molar-refractivity contribution is 0.0601. The highest BCUT2D eigenvalue weighted by Crippen LogP contribution is 2.23. The average Bonchev–Trinajstić information content (AvgIpc) is 2.49. The van der Waals surface area contributed by atoms with Crippen LogP contribution in [-0.2, 0) is 11.3 Å². The van der Waals surface area contributed by atoms with Crippen molar-refractivity contribution in [2.45, 2.75) is 13.5 Å². The topological polar surface area (TPSA) is 58.6 Å². The van der Waals surface area contributed by atoms with Crippen LogP contribution in [0.2, 0.25) is 0 Å². The predicted octanol–water partition coefficient (Wildman–Crippen LogP) is 3.24. The molecule has 0 amide bonds. The molecular weight excluding hydrogens is 273 g/mol. The van der Waals surface area contributed by atoms with Crippen LogP contribution in [0.1, 0.15) is 21.5 Å². The van der Waals surface area contributed by atoms with Gasteiger partial charge in [0.1, 0.15) is 0 Å². The molecule has 0 aliphatic heterocycles. The first kappa shape index (κ1) is 14.8. The van der Waals surface area contributed by atoms with Crippen molar-refractivity contribution >= 4 is 11.7 Å². The van der Waals surface area contributed by atoms with E-state index < -0.39 is 11.8 Å². The third-order valence-corrected chi connectivity index (χ3v) is 3.20. The molecular formula is C16H16FNO3. The van der Waals surface area contributed by atoms with E-state index in [0.29, 0.717) is 11.1 Å². The molecule has 21 heavy (non-hydrogen) atoms. The summed E-state index contributed by atoms with van der Waals surface area (Å²) >= 11 is 0. The molecule has 0 radical (unpaired) electrons. The number of esters is 1. The summed E-state index contributed by atoms with van der Waals surface area (Å²) in [6.07, 6.45) is 0. The number of methoxy groups -OCH3 is 1. The van der Waals surface area contributed by atoms with Gasteiger partial charge in [-0.15, -0.1) is 0 Å². The Labute approximate surface area is 122 Å². The molecule has 2 aromatic carbocycles. The van der Waals surface area contributed by atoms with Crippen LogP contribution in [0, 0.1) is 12.7 Å². The molecule has 0 fully saturated rings. The van der Waals surface area contributed by atoms with Crippen molar-refractivity contribution in [1.29, 1.82) is 0 Å². The quantitative estimate of drug-likeness (QED) is 0.848. The van der Waals surface area contributed by atoms with Gasteiger partial charge in [0.25, 0.3) is 0 Å². The molecule has 0 atom stereocenters. The summed E-state index contributed by atoms with van der Waals surface area (Å²) in [6.45, 7) is 2.13. The highest BCUT2D eigenvalue weighted by atomic mass is 19.1. The fraction of sp³-hybridized carbons (Fsp3) is 0.188. The van der Waals surface area contributed by atoms with Crippen molar-refractivity contribution < 1.29 is 19.0 Å². The summed E-state index contributed by atoms with van der Waals surface area (Å²) in [5, 5.41) is 12.7. The molecule has 2 N–H and O–H groups in total. The van der Waals surface area contributed by atoms with Gasteiger partial charge in [-0.25, -0.2) is 9.18 Å². The minimum Gasteiger partial charge on any atom is -0.505 e. The number of carbonyl (C=O) groups is 1. The van der Waals surface area contributed by atoms with Gasteiger partial charge in [-0.1, -0.05) is 18.2 Å². The first-order valence-electron chi connectivity index (χ1n) is 6.42. The Balaban J connectivity index is 2.19. The summed E-state index contributed by atoms with van der Waals surface area (Å²) in [6, 6.07) is 9.49. The van der Waals surface area contributed by atoms with Gasteiger partial charge in [0.05, 0.1) is 12.7 Å². The molecule has 0 saturated heterocycles. The van der Waals surface area contributed by atoms with Gasteiger partial charge in [-0.3, -0.25) is 0 Å². The number of nitrogens with one attached hydrogen (secondary N) is 1. The Morgan fingerprint density at radius 3 is 2.81 bits per heavy atom. The Bertz CT molecular complexity index is 671. The maximum atomic E-state index is 13.3. The third-order valence-electron chi connectivity index (χ3n) is 3.20. The number of anilines is 1. The van der Waals surface area contributed by atoms with E-state index in [4.69, 9.17) is 0 Å². The van der Waals surface area contributed by atoms with Crippen LogP contribution >= 0.6 is 0 Å². The number of aryl methyl sites for hydroxylation is 1. The Morgan fingerprint density at radius 2 is 2.10 bits per heavy atom. The molecule has 4 nitrogen and oxygen atoms in total. The van der Waals surface area contributed by atoms with E-state index in [0.717, 1.165) is 11.3 Å². The molecule has 0 aromatic heterocycles. The lowest BCUT2D eigenvalue weighted by Gasteiger charge is -2.12. The molecule has 5 heteroatoms. The van der Waals surface area contributed by atoms with Crippen LogP contribution in [0.25, 0.3) is 0 Å². The molecule has 0 bridgehead atoms. The summed E-state index contributed by atoms with van der Waals surface area (Å²) in [5.41, 5.74) is 2.52. The van der Waals surface area contributed by atoms with Crippen molar-refractivity contribution in [3.05, 3.63) is 58.9 Å². The van der Waals surface area contributed by atoms with E-state index in [1.807, 2.05) is 6.92 Å². The number of hydrogen-bond donors (Lipinski definition) is 2. The highest BCUT2D eigenvalue weighted by molar-refractivity contribution is 5.90. The normalized spacial score (nSPS) is 10.2. The molecule has 110 valence electrons. The maximum Gasteiger partial charge on any atom is 0.337 e. The number of phenolic OH excluding ortho intramolecular Hbond substituents is 1. The molecule has 0 heterocycles. The zero-order valence-electron chi connectivity index (χ0n) is 11.8. The van der Waals surface area contributed by atoms with Gasteiger partial charge in [0.15, 0.2) is 11.6 Å². The second-order valence-corrected chi connectivity index (χ2v) is 4.62. The molecule has 0 aliphatic rings. The van der Waals surface area contributed by atoms with Crippen LogP contribution in [-0.4, -0.2) is 18.2 Å². The molecule has 0 spiro atoms. The van der Waals surface area contributed by atoms with Crippen LogP contribution in [0.3, 0.4) is 0 Å². The number of hydrogen-bond acceptors (Lipinski definition) is 4. The molecule has 0 unspecified atom stereocenters. The van der Waals surface area contributed by atoms with Gasteiger partial charge in [0.2, 0.25) is 0 Å². The number of phenols is 1. The predicted molar refractivity (Wildman–Crippen MR) is 77.9 cm³/mol. The number of carbonyl (C=O) groups excluding carboxylic acids is 1. The monoisotopic (exact) mass is 289 g/mol. The molecule has 2 aromatic rings. The number of benzene rings is 2. The first-order chi connectivity index (χ1) is 10.0. The number of ether oxygens (including phenoxy) is 1. The van der Waals surface area contributed by atoms with E-state index in [1.54, 1.807) is 24.3 Å². The number of para-hydroxylation sites is 1. The fourth-order valence-corrected chi connectivity index (χ4v) is 1.95.